The maximum absolute atomic E-state index is 12.6. The van der Waals surface area contributed by atoms with E-state index in [1.54, 1.807) is 18.6 Å². The fourth-order valence-corrected chi connectivity index (χ4v) is 4.42. The molecule has 4 atom stereocenters. The molecule has 1 aliphatic heterocycles. The fraction of sp³-hybridized carbons (Fsp3) is 0.389. The van der Waals surface area contributed by atoms with Gasteiger partial charge in [-0.2, -0.15) is 5.26 Å². The minimum absolute atomic E-state index is 0.0872. The molecule has 3 heterocycles. The number of aromatic nitrogens is 1. The number of pyridine rings is 1. The number of rotatable bonds is 3. The van der Waals surface area contributed by atoms with Crippen LogP contribution in [0.3, 0.4) is 0 Å². The standard InChI is InChI=1S/C18H18BrN5O2/c19-14-5-10(7-20)8-21-17(14)18(25)22-12-1-2-15-13(6-12)16(24-23-15)11-3-4-26-9-11/h3-5,8-9,12-13,15-16,23-24H,1-2,6H2,(H,22,25). The summed E-state index contributed by atoms with van der Waals surface area (Å²) in [6.07, 6.45) is 7.63. The van der Waals surface area contributed by atoms with E-state index in [0.717, 1.165) is 24.8 Å². The topological polar surface area (TPSA) is 103 Å². The van der Waals surface area contributed by atoms with E-state index in [1.165, 1.54) is 6.20 Å². The van der Waals surface area contributed by atoms with Crippen LogP contribution in [0.4, 0.5) is 0 Å². The zero-order valence-electron chi connectivity index (χ0n) is 13.9. The highest BCUT2D eigenvalue weighted by Gasteiger charge is 2.41. The van der Waals surface area contributed by atoms with E-state index in [0.29, 0.717) is 27.7 Å². The van der Waals surface area contributed by atoms with E-state index in [-0.39, 0.29) is 18.0 Å². The molecule has 0 aromatic carbocycles. The molecule has 0 radical (unpaired) electrons. The highest BCUT2D eigenvalue weighted by molar-refractivity contribution is 9.10. The predicted octanol–water partition coefficient (Wildman–Crippen LogP) is 2.42. The van der Waals surface area contributed by atoms with Crippen molar-refractivity contribution in [2.24, 2.45) is 5.92 Å². The van der Waals surface area contributed by atoms with Gasteiger partial charge in [0.05, 0.1) is 28.6 Å². The molecular weight excluding hydrogens is 398 g/mol. The van der Waals surface area contributed by atoms with Gasteiger partial charge in [-0.05, 0) is 53.2 Å². The van der Waals surface area contributed by atoms with Gasteiger partial charge in [-0.15, -0.1) is 0 Å². The number of carbonyl (C=O) groups is 1. The smallest absolute Gasteiger partial charge is 0.271 e. The van der Waals surface area contributed by atoms with Gasteiger partial charge < -0.3 is 9.73 Å². The third-order valence-electron chi connectivity index (χ3n) is 5.17. The summed E-state index contributed by atoms with van der Waals surface area (Å²) in [5.41, 5.74) is 8.57. The molecule has 4 rings (SSSR count). The van der Waals surface area contributed by atoms with Crippen LogP contribution in [0.5, 0.6) is 0 Å². The summed E-state index contributed by atoms with van der Waals surface area (Å²) in [6, 6.07) is 6.25. The van der Waals surface area contributed by atoms with Crippen molar-refractivity contribution in [2.75, 3.05) is 0 Å². The molecule has 0 spiro atoms. The second-order valence-electron chi connectivity index (χ2n) is 6.74. The van der Waals surface area contributed by atoms with Crippen LogP contribution in [-0.2, 0) is 0 Å². The number of fused-ring (bicyclic) bond motifs is 1. The Bertz CT molecular complexity index is 848. The average Bonchev–Trinajstić information content (AvgIpc) is 3.30. The Morgan fingerprint density at radius 1 is 1.42 bits per heavy atom. The van der Waals surface area contributed by atoms with E-state index in [2.05, 4.69) is 37.1 Å². The molecule has 0 bridgehead atoms. The van der Waals surface area contributed by atoms with Crippen LogP contribution in [0.25, 0.3) is 0 Å². The minimum atomic E-state index is -0.219. The van der Waals surface area contributed by atoms with E-state index in [1.807, 2.05) is 12.1 Å². The van der Waals surface area contributed by atoms with Crippen molar-refractivity contribution < 1.29 is 9.21 Å². The molecule has 1 aliphatic carbocycles. The van der Waals surface area contributed by atoms with Crippen molar-refractivity contribution in [2.45, 2.75) is 37.4 Å². The number of furan rings is 1. The summed E-state index contributed by atoms with van der Waals surface area (Å²) < 4.78 is 5.74. The van der Waals surface area contributed by atoms with Crippen LogP contribution in [0.2, 0.25) is 0 Å². The van der Waals surface area contributed by atoms with Crippen molar-refractivity contribution in [3.8, 4) is 6.07 Å². The molecule has 26 heavy (non-hydrogen) atoms. The first-order valence-corrected chi connectivity index (χ1v) is 9.34. The predicted molar refractivity (Wildman–Crippen MR) is 96.8 cm³/mol. The van der Waals surface area contributed by atoms with Crippen molar-refractivity contribution in [3.05, 3.63) is 52.1 Å². The van der Waals surface area contributed by atoms with Crippen LogP contribution in [0.15, 0.2) is 39.7 Å². The highest BCUT2D eigenvalue weighted by atomic mass is 79.9. The molecule has 1 saturated heterocycles. The summed E-state index contributed by atoms with van der Waals surface area (Å²) in [6.45, 7) is 0. The van der Waals surface area contributed by atoms with E-state index < -0.39 is 0 Å². The molecule has 3 N–H and O–H groups in total. The number of hydrazine groups is 1. The van der Waals surface area contributed by atoms with Crippen molar-refractivity contribution in [1.29, 1.82) is 5.26 Å². The van der Waals surface area contributed by atoms with E-state index >= 15 is 0 Å². The lowest BCUT2D eigenvalue weighted by Crippen LogP contribution is -2.44. The Labute approximate surface area is 159 Å². The number of nitrogens with zero attached hydrogens (tertiary/aromatic N) is 2. The second kappa shape index (κ2) is 7.19. The Morgan fingerprint density at radius 2 is 2.31 bits per heavy atom. The quantitative estimate of drug-likeness (QED) is 0.710. The monoisotopic (exact) mass is 415 g/mol. The maximum Gasteiger partial charge on any atom is 0.271 e. The summed E-state index contributed by atoms with van der Waals surface area (Å²) in [5, 5.41) is 12.0. The molecule has 2 aliphatic rings. The highest BCUT2D eigenvalue weighted by Crippen LogP contribution is 2.38. The number of halogens is 1. The SMILES string of the molecule is N#Cc1cnc(C(=O)NC2CCC3NNC(c4ccoc4)C3C2)c(Br)c1. The third kappa shape index (κ3) is 3.26. The van der Waals surface area contributed by atoms with Crippen molar-refractivity contribution >= 4 is 21.8 Å². The van der Waals surface area contributed by atoms with Crippen molar-refractivity contribution in [3.63, 3.8) is 0 Å². The number of amides is 1. The lowest BCUT2D eigenvalue weighted by atomic mass is 9.77. The van der Waals surface area contributed by atoms with Gasteiger partial charge in [-0.3, -0.25) is 10.2 Å². The average molecular weight is 416 g/mol. The largest absolute Gasteiger partial charge is 0.472 e. The van der Waals surface area contributed by atoms with Crippen LogP contribution < -0.4 is 16.2 Å². The van der Waals surface area contributed by atoms with Crippen LogP contribution in [0.1, 0.15) is 46.9 Å². The Hall–Kier alpha value is -2.21. The lowest BCUT2D eigenvalue weighted by Gasteiger charge is -2.33. The summed E-state index contributed by atoms with van der Waals surface area (Å²) >= 11 is 3.33. The van der Waals surface area contributed by atoms with Gasteiger partial charge in [0, 0.05) is 23.8 Å². The number of hydrogen-bond acceptors (Lipinski definition) is 6. The summed E-state index contributed by atoms with van der Waals surface area (Å²) in [7, 11) is 0. The second-order valence-corrected chi connectivity index (χ2v) is 7.60. The first-order valence-electron chi connectivity index (χ1n) is 8.55. The van der Waals surface area contributed by atoms with Crippen molar-refractivity contribution in [1.82, 2.24) is 21.2 Å². The Balaban J connectivity index is 1.44. The Morgan fingerprint density at radius 3 is 3.04 bits per heavy atom. The summed E-state index contributed by atoms with van der Waals surface area (Å²) in [5.74, 6) is 0.160. The number of nitrogens with one attached hydrogen (secondary N) is 3. The first kappa shape index (κ1) is 17.2. The Kier molecular flexibility index (Phi) is 4.76. The van der Waals surface area contributed by atoms with Crippen LogP contribution in [0, 0.1) is 17.2 Å². The number of carbonyl (C=O) groups excluding carboxylic acids is 1. The number of nitriles is 1. The molecule has 134 valence electrons. The lowest BCUT2D eigenvalue weighted by molar-refractivity contribution is 0.0909. The first-order chi connectivity index (χ1) is 12.7. The summed E-state index contributed by atoms with van der Waals surface area (Å²) in [4.78, 5) is 16.7. The minimum Gasteiger partial charge on any atom is -0.472 e. The molecule has 2 fully saturated rings. The molecular formula is C18H18BrN5O2. The zero-order valence-corrected chi connectivity index (χ0v) is 15.5. The fourth-order valence-electron chi connectivity index (χ4n) is 3.89. The molecule has 2 aromatic heterocycles. The van der Waals surface area contributed by atoms with Gasteiger partial charge in [0.2, 0.25) is 0 Å². The van der Waals surface area contributed by atoms with Gasteiger partial charge in [-0.1, -0.05) is 0 Å². The zero-order chi connectivity index (χ0) is 18.1. The van der Waals surface area contributed by atoms with Crippen LogP contribution in [-0.4, -0.2) is 23.0 Å². The van der Waals surface area contributed by atoms with Gasteiger partial charge >= 0.3 is 0 Å². The van der Waals surface area contributed by atoms with Gasteiger partial charge in [0.25, 0.3) is 5.91 Å². The maximum atomic E-state index is 12.6. The van der Waals surface area contributed by atoms with E-state index in [9.17, 15) is 4.79 Å². The normalized spacial score (nSPS) is 27.5. The third-order valence-corrected chi connectivity index (χ3v) is 5.78. The molecule has 1 amide bonds. The van der Waals surface area contributed by atoms with Gasteiger partial charge in [0.1, 0.15) is 11.8 Å². The molecule has 7 nitrogen and oxygen atoms in total. The molecule has 8 heteroatoms. The van der Waals surface area contributed by atoms with Gasteiger partial charge in [-0.25, -0.2) is 10.4 Å². The van der Waals surface area contributed by atoms with Crippen LogP contribution >= 0.6 is 15.9 Å². The number of hydrogen-bond donors (Lipinski definition) is 3. The molecule has 2 aromatic rings. The van der Waals surface area contributed by atoms with Gasteiger partial charge in [0.15, 0.2) is 0 Å². The molecule has 1 saturated carbocycles. The van der Waals surface area contributed by atoms with E-state index in [4.69, 9.17) is 9.68 Å². The molecule has 4 unspecified atom stereocenters.